The number of para-hydroxylation sites is 1. The Morgan fingerprint density at radius 3 is 2.21 bits per heavy atom. The van der Waals surface area contributed by atoms with Gasteiger partial charge in [-0.15, -0.1) is 0 Å². The normalized spacial score (nSPS) is 18.8. The molecular formula is C23H28N2O4. The van der Waals surface area contributed by atoms with Gasteiger partial charge in [0, 0.05) is 24.5 Å². The fraction of sp³-hybridized carbons (Fsp3) is 0.391. The van der Waals surface area contributed by atoms with E-state index in [0.29, 0.717) is 17.6 Å². The summed E-state index contributed by atoms with van der Waals surface area (Å²) >= 11 is 0. The fourth-order valence-corrected chi connectivity index (χ4v) is 3.61. The molecule has 2 atom stereocenters. The molecule has 1 N–H and O–H groups in total. The Hall–Kier alpha value is -3.02. The topological polar surface area (TPSA) is 67.9 Å². The molecule has 0 unspecified atom stereocenters. The van der Waals surface area contributed by atoms with Crippen molar-refractivity contribution in [1.82, 2.24) is 4.90 Å². The molecule has 0 radical (unpaired) electrons. The zero-order valence-electron chi connectivity index (χ0n) is 17.0. The van der Waals surface area contributed by atoms with E-state index in [1.807, 2.05) is 42.5 Å². The summed E-state index contributed by atoms with van der Waals surface area (Å²) in [4.78, 5) is 25.9. The van der Waals surface area contributed by atoms with Crippen LogP contribution in [-0.4, -0.2) is 43.1 Å². The lowest BCUT2D eigenvalue weighted by atomic mass is 9.92. The van der Waals surface area contributed by atoms with Crippen LogP contribution in [0.25, 0.3) is 0 Å². The molecule has 1 aliphatic heterocycles. The second-order valence-electron chi connectivity index (χ2n) is 7.71. The van der Waals surface area contributed by atoms with Crippen LogP contribution in [0.3, 0.4) is 0 Å². The molecule has 29 heavy (non-hydrogen) atoms. The maximum Gasteiger partial charge on any atom is 0.344 e. The third-order valence-electron chi connectivity index (χ3n) is 4.85. The Labute approximate surface area is 171 Å². The van der Waals surface area contributed by atoms with E-state index in [0.717, 1.165) is 30.9 Å². The summed E-state index contributed by atoms with van der Waals surface area (Å²) in [6.07, 6.45) is 1.12. The average Bonchev–Trinajstić information content (AvgIpc) is 2.71. The molecule has 0 aliphatic carbocycles. The predicted octanol–water partition coefficient (Wildman–Crippen LogP) is 3.86. The summed E-state index contributed by atoms with van der Waals surface area (Å²) in [5, 5.41) is 3.28. The summed E-state index contributed by atoms with van der Waals surface area (Å²) in [7, 11) is 0. The molecular weight excluding hydrogens is 368 g/mol. The number of piperidine rings is 1. The van der Waals surface area contributed by atoms with Gasteiger partial charge in [-0.05, 0) is 54.7 Å². The first-order valence-corrected chi connectivity index (χ1v) is 9.98. The second-order valence-corrected chi connectivity index (χ2v) is 7.71. The SMILES string of the molecule is C[C@@H]1C[C@@H](C)CN(C(=O)COC(=O)COc2ccc(Nc3ccccc3)cc2)C1. The first-order valence-electron chi connectivity index (χ1n) is 9.98. The van der Waals surface area contributed by atoms with Gasteiger partial charge in [0.25, 0.3) is 5.91 Å². The molecule has 0 aromatic heterocycles. The van der Waals surface area contributed by atoms with Crippen molar-refractivity contribution in [1.29, 1.82) is 0 Å². The first-order chi connectivity index (χ1) is 14.0. The maximum absolute atomic E-state index is 12.3. The van der Waals surface area contributed by atoms with Crippen molar-refractivity contribution in [2.75, 3.05) is 31.6 Å². The van der Waals surface area contributed by atoms with Crippen LogP contribution in [-0.2, 0) is 14.3 Å². The number of amides is 1. The lowest BCUT2D eigenvalue weighted by Gasteiger charge is -2.34. The maximum atomic E-state index is 12.3. The number of carbonyl (C=O) groups is 2. The molecule has 0 bridgehead atoms. The van der Waals surface area contributed by atoms with Crippen molar-refractivity contribution in [2.24, 2.45) is 11.8 Å². The van der Waals surface area contributed by atoms with Crippen molar-refractivity contribution >= 4 is 23.3 Å². The Balaban J connectivity index is 1.39. The molecule has 3 rings (SSSR count). The number of likely N-dealkylation sites (tertiary alicyclic amines) is 1. The van der Waals surface area contributed by atoms with Crippen LogP contribution in [0.1, 0.15) is 20.3 Å². The summed E-state index contributed by atoms with van der Waals surface area (Å²) in [5.74, 6) is 0.809. The Morgan fingerprint density at radius 2 is 1.55 bits per heavy atom. The van der Waals surface area contributed by atoms with E-state index in [4.69, 9.17) is 9.47 Å². The van der Waals surface area contributed by atoms with E-state index in [1.165, 1.54) is 0 Å². The Morgan fingerprint density at radius 1 is 0.931 bits per heavy atom. The monoisotopic (exact) mass is 396 g/mol. The first kappa shape index (κ1) is 20.7. The summed E-state index contributed by atoms with van der Waals surface area (Å²) < 4.78 is 10.5. The number of carbonyl (C=O) groups excluding carboxylic acids is 2. The van der Waals surface area contributed by atoms with Gasteiger partial charge in [0.05, 0.1) is 0 Å². The summed E-state index contributed by atoms with van der Waals surface area (Å²) in [5.41, 5.74) is 1.91. The van der Waals surface area contributed by atoms with Gasteiger partial charge in [0.15, 0.2) is 13.2 Å². The molecule has 154 valence electrons. The van der Waals surface area contributed by atoms with Gasteiger partial charge in [-0.1, -0.05) is 32.0 Å². The molecule has 2 aromatic carbocycles. The van der Waals surface area contributed by atoms with Crippen molar-refractivity contribution in [3.63, 3.8) is 0 Å². The number of benzene rings is 2. The lowest BCUT2D eigenvalue weighted by Crippen LogP contribution is -2.44. The van der Waals surface area contributed by atoms with E-state index < -0.39 is 5.97 Å². The highest BCUT2D eigenvalue weighted by Crippen LogP contribution is 2.21. The molecule has 1 heterocycles. The molecule has 2 aromatic rings. The molecule has 0 spiro atoms. The largest absolute Gasteiger partial charge is 0.482 e. The lowest BCUT2D eigenvalue weighted by molar-refractivity contribution is -0.154. The summed E-state index contributed by atoms with van der Waals surface area (Å²) in [6.45, 7) is 5.25. The highest BCUT2D eigenvalue weighted by atomic mass is 16.6. The highest BCUT2D eigenvalue weighted by Gasteiger charge is 2.25. The van der Waals surface area contributed by atoms with Crippen LogP contribution in [0.5, 0.6) is 5.75 Å². The van der Waals surface area contributed by atoms with E-state index in [9.17, 15) is 9.59 Å². The van der Waals surface area contributed by atoms with Gasteiger partial charge in [0.1, 0.15) is 5.75 Å². The van der Waals surface area contributed by atoms with Crippen molar-refractivity contribution in [3.8, 4) is 5.75 Å². The predicted molar refractivity (Wildman–Crippen MR) is 112 cm³/mol. The standard InChI is InChI=1S/C23H28N2O4/c1-17-12-18(2)14-25(13-17)22(26)15-29-23(27)16-28-21-10-8-20(9-11-21)24-19-6-4-3-5-7-19/h3-11,17-18,24H,12-16H2,1-2H3/t17-,18-/m1/s1. The smallest absolute Gasteiger partial charge is 0.344 e. The van der Waals surface area contributed by atoms with Gasteiger partial charge in [0.2, 0.25) is 0 Å². The van der Waals surface area contributed by atoms with Crippen LogP contribution >= 0.6 is 0 Å². The third-order valence-corrected chi connectivity index (χ3v) is 4.85. The number of hydrogen-bond acceptors (Lipinski definition) is 5. The quantitative estimate of drug-likeness (QED) is 0.720. The molecule has 1 amide bonds. The highest BCUT2D eigenvalue weighted by molar-refractivity contribution is 5.81. The minimum atomic E-state index is -0.553. The molecule has 6 heteroatoms. The Bertz CT molecular complexity index is 797. The number of anilines is 2. The van der Waals surface area contributed by atoms with E-state index >= 15 is 0 Å². The van der Waals surface area contributed by atoms with Crippen LogP contribution in [0.2, 0.25) is 0 Å². The van der Waals surface area contributed by atoms with E-state index in [2.05, 4.69) is 19.2 Å². The zero-order chi connectivity index (χ0) is 20.6. The number of rotatable bonds is 7. The number of nitrogens with zero attached hydrogens (tertiary/aromatic N) is 1. The van der Waals surface area contributed by atoms with Crippen molar-refractivity contribution in [2.45, 2.75) is 20.3 Å². The molecule has 0 saturated carbocycles. The minimum Gasteiger partial charge on any atom is -0.482 e. The van der Waals surface area contributed by atoms with Gasteiger partial charge < -0.3 is 19.7 Å². The average molecular weight is 396 g/mol. The van der Waals surface area contributed by atoms with Crippen LogP contribution < -0.4 is 10.1 Å². The van der Waals surface area contributed by atoms with Gasteiger partial charge in [-0.25, -0.2) is 4.79 Å². The van der Waals surface area contributed by atoms with Crippen LogP contribution in [0.15, 0.2) is 54.6 Å². The number of nitrogens with one attached hydrogen (secondary N) is 1. The fourth-order valence-electron chi connectivity index (χ4n) is 3.61. The minimum absolute atomic E-state index is 0.145. The van der Waals surface area contributed by atoms with Crippen molar-refractivity contribution < 1.29 is 19.1 Å². The number of esters is 1. The molecule has 1 fully saturated rings. The zero-order valence-corrected chi connectivity index (χ0v) is 17.0. The van der Waals surface area contributed by atoms with Gasteiger partial charge in [-0.2, -0.15) is 0 Å². The van der Waals surface area contributed by atoms with Crippen LogP contribution in [0, 0.1) is 11.8 Å². The van der Waals surface area contributed by atoms with E-state index in [-0.39, 0.29) is 19.1 Å². The summed E-state index contributed by atoms with van der Waals surface area (Å²) in [6, 6.07) is 17.1. The van der Waals surface area contributed by atoms with Crippen LogP contribution in [0.4, 0.5) is 11.4 Å². The number of hydrogen-bond donors (Lipinski definition) is 1. The molecule has 1 aliphatic rings. The molecule has 6 nitrogen and oxygen atoms in total. The second kappa shape index (κ2) is 9.96. The molecule has 1 saturated heterocycles. The van der Waals surface area contributed by atoms with Gasteiger partial charge >= 0.3 is 5.97 Å². The van der Waals surface area contributed by atoms with Gasteiger partial charge in [-0.3, -0.25) is 4.79 Å². The van der Waals surface area contributed by atoms with E-state index in [1.54, 1.807) is 17.0 Å². The van der Waals surface area contributed by atoms with Crippen molar-refractivity contribution in [3.05, 3.63) is 54.6 Å². The third kappa shape index (κ3) is 6.52. The number of ether oxygens (including phenoxy) is 2. The Kier molecular flexibility index (Phi) is 7.11.